The fraction of sp³-hybridized carbons (Fsp3) is 0.500. The predicted molar refractivity (Wildman–Crippen MR) is 70.4 cm³/mol. The van der Waals surface area contributed by atoms with Crippen LogP contribution in [-0.2, 0) is 0 Å². The summed E-state index contributed by atoms with van der Waals surface area (Å²) in [6.45, 7) is 4.18. The molecule has 0 fully saturated rings. The first kappa shape index (κ1) is 13.9. The average molecular weight is 309 g/mol. The molecular formula is C12H16BrClFN. The number of nitrogens with one attached hydrogen (secondary N) is 1. The SMILES string of the molecule is CCC(C)C(NC)c1ccc(Br)c(Cl)c1F. The van der Waals surface area contributed by atoms with Crippen molar-refractivity contribution in [1.29, 1.82) is 0 Å². The number of hydrogen-bond donors (Lipinski definition) is 1. The third-order valence-corrected chi connectivity index (χ3v) is 4.18. The quantitative estimate of drug-likeness (QED) is 0.805. The molecule has 0 aromatic heterocycles. The van der Waals surface area contributed by atoms with Crippen LogP contribution in [0.2, 0.25) is 5.02 Å². The highest BCUT2D eigenvalue weighted by atomic mass is 79.9. The second-order valence-corrected chi connectivity index (χ2v) is 5.15. The monoisotopic (exact) mass is 307 g/mol. The van der Waals surface area contributed by atoms with Gasteiger partial charge in [-0.3, -0.25) is 0 Å². The Balaban J connectivity index is 3.16. The largest absolute Gasteiger partial charge is 0.313 e. The molecule has 0 heterocycles. The second-order valence-electron chi connectivity index (χ2n) is 3.92. The van der Waals surface area contributed by atoms with E-state index in [1.807, 2.05) is 7.05 Å². The van der Waals surface area contributed by atoms with E-state index in [2.05, 4.69) is 35.1 Å². The normalized spacial score (nSPS) is 14.9. The lowest BCUT2D eigenvalue weighted by Gasteiger charge is -2.23. The molecule has 0 aliphatic rings. The maximum atomic E-state index is 14.0. The van der Waals surface area contributed by atoms with Crippen LogP contribution in [0, 0.1) is 11.7 Å². The van der Waals surface area contributed by atoms with Crippen LogP contribution >= 0.6 is 27.5 Å². The van der Waals surface area contributed by atoms with Gasteiger partial charge in [-0.15, -0.1) is 0 Å². The molecular weight excluding hydrogens is 292 g/mol. The Morgan fingerprint density at radius 2 is 2.12 bits per heavy atom. The summed E-state index contributed by atoms with van der Waals surface area (Å²) in [5.74, 6) is 0.0208. The van der Waals surface area contributed by atoms with E-state index in [-0.39, 0.29) is 16.9 Å². The van der Waals surface area contributed by atoms with E-state index < -0.39 is 0 Å². The molecule has 0 spiro atoms. The molecule has 0 radical (unpaired) electrons. The van der Waals surface area contributed by atoms with Gasteiger partial charge < -0.3 is 5.32 Å². The fourth-order valence-corrected chi connectivity index (χ4v) is 2.24. The van der Waals surface area contributed by atoms with Gasteiger partial charge in [-0.05, 0) is 35.0 Å². The Bertz CT molecular complexity index is 370. The maximum absolute atomic E-state index is 14.0. The molecule has 0 amide bonds. The molecule has 1 nitrogen and oxygen atoms in total. The highest BCUT2D eigenvalue weighted by Gasteiger charge is 2.21. The average Bonchev–Trinajstić information content (AvgIpc) is 2.29. The summed E-state index contributed by atoms with van der Waals surface area (Å²) in [4.78, 5) is 0. The van der Waals surface area contributed by atoms with E-state index >= 15 is 0 Å². The molecule has 1 rings (SSSR count). The lowest BCUT2D eigenvalue weighted by molar-refractivity contribution is 0.387. The second kappa shape index (κ2) is 5.99. The van der Waals surface area contributed by atoms with Crippen molar-refractivity contribution in [3.8, 4) is 0 Å². The molecule has 4 heteroatoms. The Labute approximate surface area is 110 Å². The minimum absolute atomic E-state index is 0.00407. The first-order chi connectivity index (χ1) is 7.52. The smallest absolute Gasteiger partial charge is 0.147 e. The molecule has 0 saturated carbocycles. The zero-order valence-electron chi connectivity index (χ0n) is 9.65. The Morgan fingerprint density at radius 1 is 1.50 bits per heavy atom. The molecule has 0 aliphatic heterocycles. The van der Waals surface area contributed by atoms with Crippen LogP contribution < -0.4 is 5.32 Å². The van der Waals surface area contributed by atoms with Crippen molar-refractivity contribution < 1.29 is 4.39 Å². The van der Waals surface area contributed by atoms with E-state index in [0.717, 1.165) is 6.42 Å². The first-order valence-electron chi connectivity index (χ1n) is 5.33. The zero-order valence-corrected chi connectivity index (χ0v) is 12.0. The summed E-state index contributed by atoms with van der Waals surface area (Å²) in [6.07, 6.45) is 0.985. The number of hydrogen-bond acceptors (Lipinski definition) is 1. The predicted octanol–water partition coefficient (Wildman–Crippen LogP) is 4.55. The van der Waals surface area contributed by atoms with Gasteiger partial charge >= 0.3 is 0 Å². The summed E-state index contributed by atoms with van der Waals surface area (Å²) >= 11 is 9.10. The summed E-state index contributed by atoms with van der Waals surface area (Å²) in [7, 11) is 1.84. The van der Waals surface area contributed by atoms with E-state index in [1.54, 1.807) is 12.1 Å². The molecule has 0 aliphatic carbocycles. The van der Waals surface area contributed by atoms with Crippen molar-refractivity contribution >= 4 is 27.5 Å². The van der Waals surface area contributed by atoms with Crippen LogP contribution in [0.1, 0.15) is 31.9 Å². The highest BCUT2D eigenvalue weighted by molar-refractivity contribution is 9.10. The van der Waals surface area contributed by atoms with Crippen LogP contribution in [0.15, 0.2) is 16.6 Å². The lowest BCUT2D eigenvalue weighted by Crippen LogP contribution is -2.24. The zero-order chi connectivity index (χ0) is 12.3. The molecule has 0 saturated heterocycles. The Morgan fingerprint density at radius 3 is 2.62 bits per heavy atom. The maximum Gasteiger partial charge on any atom is 0.147 e. The van der Waals surface area contributed by atoms with Gasteiger partial charge in [0.2, 0.25) is 0 Å². The molecule has 2 atom stereocenters. The van der Waals surface area contributed by atoms with Gasteiger partial charge in [-0.1, -0.05) is 37.9 Å². The van der Waals surface area contributed by atoms with Crippen molar-refractivity contribution in [2.45, 2.75) is 26.3 Å². The third-order valence-electron chi connectivity index (χ3n) is 2.92. The standard InChI is InChI=1S/C12H16BrClFN/c1-4-7(2)12(16-3)8-5-6-9(13)10(14)11(8)15/h5-7,12,16H,4H2,1-3H3. The molecule has 1 aromatic rings. The molecule has 16 heavy (non-hydrogen) atoms. The molecule has 1 N–H and O–H groups in total. The van der Waals surface area contributed by atoms with E-state index in [1.165, 1.54) is 0 Å². The van der Waals surface area contributed by atoms with Crippen LogP contribution in [0.5, 0.6) is 0 Å². The van der Waals surface area contributed by atoms with Crippen molar-refractivity contribution in [2.24, 2.45) is 5.92 Å². The van der Waals surface area contributed by atoms with E-state index in [9.17, 15) is 4.39 Å². The number of halogens is 3. The minimum Gasteiger partial charge on any atom is -0.313 e. The lowest BCUT2D eigenvalue weighted by atomic mass is 9.92. The van der Waals surface area contributed by atoms with Crippen LogP contribution in [0.3, 0.4) is 0 Å². The van der Waals surface area contributed by atoms with Crippen LogP contribution in [0.4, 0.5) is 4.39 Å². The van der Waals surface area contributed by atoms with E-state index in [0.29, 0.717) is 16.0 Å². The molecule has 2 unspecified atom stereocenters. The topological polar surface area (TPSA) is 12.0 Å². The minimum atomic E-state index is -0.337. The van der Waals surface area contributed by atoms with Gasteiger partial charge in [-0.25, -0.2) is 4.39 Å². The molecule has 0 bridgehead atoms. The summed E-state index contributed by atoms with van der Waals surface area (Å²) in [6, 6.07) is 3.56. The van der Waals surface area contributed by atoms with Crippen LogP contribution in [0.25, 0.3) is 0 Å². The molecule has 1 aromatic carbocycles. The Kier molecular flexibility index (Phi) is 5.22. The fourth-order valence-electron chi connectivity index (χ4n) is 1.76. The van der Waals surface area contributed by atoms with Gasteiger partial charge in [0.15, 0.2) is 0 Å². The first-order valence-corrected chi connectivity index (χ1v) is 6.50. The van der Waals surface area contributed by atoms with Gasteiger partial charge in [-0.2, -0.15) is 0 Å². The van der Waals surface area contributed by atoms with E-state index in [4.69, 9.17) is 11.6 Å². The van der Waals surface area contributed by atoms with Gasteiger partial charge in [0, 0.05) is 16.1 Å². The van der Waals surface area contributed by atoms with Gasteiger partial charge in [0.25, 0.3) is 0 Å². The summed E-state index contributed by atoms with van der Waals surface area (Å²) in [5, 5.41) is 3.30. The van der Waals surface area contributed by atoms with Crippen molar-refractivity contribution in [2.75, 3.05) is 7.05 Å². The number of benzene rings is 1. The highest BCUT2D eigenvalue weighted by Crippen LogP contribution is 2.33. The van der Waals surface area contributed by atoms with Crippen molar-refractivity contribution in [1.82, 2.24) is 5.32 Å². The van der Waals surface area contributed by atoms with Gasteiger partial charge in [0.05, 0.1) is 5.02 Å². The van der Waals surface area contributed by atoms with Crippen LogP contribution in [-0.4, -0.2) is 7.05 Å². The summed E-state index contributed by atoms with van der Waals surface area (Å²) in [5.41, 5.74) is 0.630. The van der Waals surface area contributed by atoms with Gasteiger partial charge in [0.1, 0.15) is 5.82 Å². The molecule has 90 valence electrons. The van der Waals surface area contributed by atoms with Crippen molar-refractivity contribution in [3.05, 3.63) is 33.0 Å². The number of rotatable bonds is 4. The Hall–Kier alpha value is -0.120. The van der Waals surface area contributed by atoms with Crippen molar-refractivity contribution in [3.63, 3.8) is 0 Å². The third kappa shape index (κ3) is 2.76. The summed E-state index contributed by atoms with van der Waals surface area (Å²) < 4.78 is 14.6.